The molecule has 5 heteroatoms. The normalized spacial score (nSPS) is 23.0. The molecule has 0 amide bonds. The third-order valence-corrected chi connectivity index (χ3v) is 4.64. The predicted molar refractivity (Wildman–Crippen MR) is 77.5 cm³/mol. The van der Waals surface area contributed by atoms with Crippen molar-refractivity contribution in [1.29, 1.82) is 0 Å². The van der Waals surface area contributed by atoms with Crippen molar-refractivity contribution in [2.75, 3.05) is 19.7 Å². The average Bonchev–Trinajstić information content (AvgIpc) is 2.94. The van der Waals surface area contributed by atoms with E-state index in [-0.39, 0.29) is 5.92 Å². The number of para-hydroxylation sites is 1. The molecule has 0 saturated carbocycles. The van der Waals surface area contributed by atoms with Gasteiger partial charge in [0.15, 0.2) is 5.82 Å². The quantitative estimate of drug-likeness (QED) is 0.937. The van der Waals surface area contributed by atoms with Gasteiger partial charge < -0.3 is 14.6 Å². The smallest absolute Gasteiger partial charge is 0.229 e. The van der Waals surface area contributed by atoms with Crippen LogP contribution in [0.4, 0.5) is 0 Å². The van der Waals surface area contributed by atoms with E-state index in [2.05, 4.69) is 28.4 Å². The van der Waals surface area contributed by atoms with Crippen molar-refractivity contribution in [3.05, 3.63) is 41.5 Å². The molecule has 5 nitrogen and oxygen atoms in total. The van der Waals surface area contributed by atoms with Crippen molar-refractivity contribution in [3.8, 4) is 5.75 Å². The van der Waals surface area contributed by atoms with Gasteiger partial charge >= 0.3 is 0 Å². The number of fused-ring (bicyclic) bond motifs is 1. The van der Waals surface area contributed by atoms with Gasteiger partial charge in [-0.25, -0.2) is 0 Å². The molecule has 3 heterocycles. The molecule has 2 atom stereocenters. The van der Waals surface area contributed by atoms with E-state index in [9.17, 15) is 0 Å². The summed E-state index contributed by atoms with van der Waals surface area (Å²) in [4.78, 5) is 4.67. The van der Waals surface area contributed by atoms with Crippen LogP contribution < -0.4 is 10.1 Å². The number of nitrogens with one attached hydrogen (secondary N) is 1. The zero-order valence-electron chi connectivity index (χ0n) is 12.1. The fourth-order valence-corrected chi connectivity index (χ4v) is 3.05. The Morgan fingerprint density at radius 3 is 2.95 bits per heavy atom. The zero-order valence-corrected chi connectivity index (χ0v) is 12.1. The summed E-state index contributed by atoms with van der Waals surface area (Å²) in [5.74, 6) is 3.61. The Hall–Kier alpha value is -1.88. The molecule has 1 aromatic heterocycles. The maximum absolute atomic E-state index is 5.70. The van der Waals surface area contributed by atoms with Crippen molar-refractivity contribution < 1.29 is 9.26 Å². The van der Waals surface area contributed by atoms with Crippen LogP contribution in [0.1, 0.15) is 42.5 Å². The second-order valence-corrected chi connectivity index (χ2v) is 5.93. The van der Waals surface area contributed by atoms with Gasteiger partial charge in [-0.1, -0.05) is 30.3 Å². The SMILES string of the molecule is CC(c1nc(C2CCOc3ccccc32)no1)C1CNC1. The fourth-order valence-electron chi connectivity index (χ4n) is 3.05. The maximum Gasteiger partial charge on any atom is 0.229 e. The average molecular weight is 285 g/mol. The zero-order chi connectivity index (χ0) is 14.2. The van der Waals surface area contributed by atoms with Crippen molar-refractivity contribution in [2.24, 2.45) is 5.92 Å². The van der Waals surface area contributed by atoms with Crippen molar-refractivity contribution in [3.63, 3.8) is 0 Å². The predicted octanol–water partition coefficient (Wildman–Crippen LogP) is 2.31. The summed E-state index contributed by atoms with van der Waals surface area (Å²) in [6.07, 6.45) is 0.898. The lowest BCUT2D eigenvalue weighted by molar-refractivity contribution is 0.251. The Morgan fingerprint density at radius 2 is 2.14 bits per heavy atom. The summed E-state index contributed by atoms with van der Waals surface area (Å²) >= 11 is 0. The molecule has 1 N–H and O–H groups in total. The lowest BCUT2D eigenvalue weighted by Gasteiger charge is -2.30. The van der Waals surface area contributed by atoms with Crippen LogP contribution in [-0.4, -0.2) is 29.8 Å². The van der Waals surface area contributed by atoms with Gasteiger partial charge in [-0.3, -0.25) is 0 Å². The van der Waals surface area contributed by atoms with Gasteiger partial charge in [0.25, 0.3) is 0 Å². The first-order chi connectivity index (χ1) is 10.3. The molecule has 1 fully saturated rings. The molecule has 2 aromatic rings. The van der Waals surface area contributed by atoms with Gasteiger partial charge in [0, 0.05) is 11.5 Å². The molecular weight excluding hydrogens is 266 g/mol. The molecule has 0 radical (unpaired) electrons. The molecule has 4 rings (SSSR count). The van der Waals surface area contributed by atoms with Crippen LogP contribution in [0.25, 0.3) is 0 Å². The number of aromatic nitrogens is 2. The fraction of sp³-hybridized carbons (Fsp3) is 0.500. The monoisotopic (exact) mass is 285 g/mol. The summed E-state index contributed by atoms with van der Waals surface area (Å²) in [5.41, 5.74) is 1.16. The number of hydrogen-bond donors (Lipinski definition) is 1. The van der Waals surface area contributed by atoms with Crippen molar-refractivity contribution >= 4 is 0 Å². The number of ether oxygens (including phenoxy) is 1. The number of rotatable bonds is 3. The molecule has 2 aliphatic heterocycles. The van der Waals surface area contributed by atoms with Gasteiger partial charge in [0.1, 0.15) is 5.75 Å². The van der Waals surface area contributed by atoms with E-state index < -0.39 is 0 Å². The van der Waals surface area contributed by atoms with E-state index in [1.54, 1.807) is 0 Å². The molecule has 1 saturated heterocycles. The standard InChI is InChI=1S/C16H19N3O2/c1-10(11-8-17-9-11)16-18-15(19-21-16)13-6-7-20-14-5-3-2-4-12(13)14/h2-5,10-11,13,17H,6-9H2,1H3. The topological polar surface area (TPSA) is 60.2 Å². The Bertz CT molecular complexity index is 636. The van der Waals surface area contributed by atoms with E-state index in [4.69, 9.17) is 9.26 Å². The highest BCUT2D eigenvalue weighted by Crippen LogP contribution is 2.37. The third kappa shape index (κ3) is 2.21. The highest BCUT2D eigenvalue weighted by Gasteiger charge is 2.31. The van der Waals surface area contributed by atoms with Crippen LogP contribution >= 0.6 is 0 Å². The summed E-state index contributed by atoms with van der Waals surface area (Å²) in [5, 5.41) is 7.53. The summed E-state index contributed by atoms with van der Waals surface area (Å²) in [7, 11) is 0. The van der Waals surface area contributed by atoms with Crippen LogP contribution in [0.5, 0.6) is 5.75 Å². The van der Waals surface area contributed by atoms with E-state index in [0.29, 0.717) is 18.4 Å². The van der Waals surface area contributed by atoms with Gasteiger partial charge in [-0.2, -0.15) is 4.98 Å². The number of benzene rings is 1. The van der Waals surface area contributed by atoms with Crippen LogP contribution in [0, 0.1) is 5.92 Å². The lowest BCUT2D eigenvalue weighted by atomic mass is 9.89. The van der Waals surface area contributed by atoms with Crippen molar-refractivity contribution in [1.82, 2.24) is 15.5 Å². The third-order valence-electron chi connectivity index (χ3n) is 4.64. The Kier molecular flexibility index (Phi) is 3.15. The van der Waals surface area contributed by atoms with Crippen molar-refractivity contribution in [2.45, 2.75) is 25.2 Å². The van der Waals surface area contributed by atoms with E-state index in [1.165, 1.54) is 0 Å². The molecular formula is C16H19N3O2. The van der Waals surface area contributed by atoms with E-state index in [1.807, 2.05) is 18.2 Å². The molecule has 2 unspecified atom stereocenters. The van der Waals surface area contributed by atoms with Crippen LogP contribution in [0.15, 0.2) is 28.8 Å². The number of nitrogens with zero attached hydrogens (tertiary/aromatic N) is 2. The molecule has 0 aliphatic carbocycles. The molecule has 0 bridgehead atoms. The van der Waals surface area contributed by atoms with Crippen LogP contribution in [0.3, 0.4) is 0 Å². The minimum Gasteiger partial charge on any atom is -0.493 e. The molecule has 2 aliphatic rings. The highest BCUT2D eigenvalue weighted by atomic mass is 16.5. The summed E-state index contributed by atoms with van der Waals surface area (Å²) < 4.78 is 11.2. The van der Waals surface area contributed by atoms with E-state index in [0.717, 1.165) is 42.5 Å². The van der Waals surface area contributed by atoms with Gasteiger partial charge in [-0.05, 0) is 31.5 Å². The Balaban J connectivity index is 1.61. The summed E-state index contributed by atoms with van der Waals surface area (Å²) in [6.45, 7) is 4.95. The first-order valence-electron chi connectivity index (χ1n) is 7.59. The van der Waals surface area contributed by atoms with Gasteiger partial charge in [-0.15, -0.1) is 0 Å². The minimum atomic E-state index is 0.180. The molecule has 21 heavy (non-hydrogen) atoms. The van der Waals surface area contributed by atoms with E-state index >= 15 is 0 Å². The van der Waals surface area contributed by atoms with Gasteiger partial charge in [0.2, 0.25) is 5.89 Å². The summed E-state index contributed by atoms with van der Waals surface area (Å²) in [6, 6.07) is 8.12. The second-order valence-electron chi connectivity index (χ2n) is 5.93. The largest absolute Gasteiger partial charge is 0.493 e. The first kappa shape index (κ1) is 12.8. The molecule has 110 valence electrons. The second kappa shape index (κ2) is 5.15. The number of hydrogen-bond acceptors (Lipinski definition) is 5. The Morgan fingerprint density at radius 1 is 1.29 bits per heavy atom. The van der Waals surface area contributed by atoms with Crippen LogP contribution in [-0.2, 0) is 0 Å². The maximum atomic E-state index is 5.70. The molecule has 0 spiro atoms. The minimum absolute atomic E-state index is 0.180. The van der Waals surface area contributed by atoms with Crippen LogP contribution in [0.2, 0.25) is 0 Å². The highest BCUT2D eigenvalue weighted by molar-refractivity contribution is 5.40. The lowest BCUT2D eigenvalue weighted by Crippen LogP contribution is -2.44. The molecule has 1 aromatic carbocycles. The Labute approximate surface area is 123 Å². The van der Waals surface area contributed by atoms with Gasteiger partial charge in [0.05, 0.1) is 12.5 Å². The first-order valence-corrected chi connectivity index (χ1v) is 7.59.